The second kappa shape index (κ2) is 5.13. The SMILES string of the molecule is CC(C)c1ccc([C@H](C)CNN)cc1. The Morgan fingerprint density at radius 2 is 1.57 bits per heavy atom. The molecule has 0 radical (unpaired) electrons. The van der Waals surface area contributed by atoms with E-state index in [0.29, 0.717) is 11.8 Å². The van der Waals surface area contributed by atoms with Crippen molar-refractivity contribution in [2.24, 2.45) is 5.84 Å². The van der Waals surface area contributed by atoms with Gasteiger partial charge in [-0.15, -0.1) is 0 Å². The van der Waals surface area contributed by atoms with Gasteiger partial charge in [0.05, 0.1) is 0 Å². The molecule has 0 aliphatic rings. The molecule has 1 rings (SSSR count). The second-order valence-corrected chi connectivity index (χ2v) is 4.13. The summed E-state index contributed by atoms with van der Waals surface area (Å²) in [7, 11) is 0. The van der Waals surface area contributed by atoms with Gasteiger partial charge >= 0.3 is 0 Å². The molecule has 78 valence electrons. The van der Waals surface area contributed by atoms with Gasteiger partial charge < -0.3 is 0 Å². The molecule has 0 heterocycles. The molecule has 0 saturated heterocycles. The first kappa shape index (κ1) is 11.2. The third-order valence-corrected chi connectivity index (χ3v) is 2.60. The summed E-state index contributed by atoms with van der Waals surface area (Å²) in [6.45, 7) is 7.41. The maximum Gasteiger partial charge on any atom is 0.0164 e. The molecular formula is C12H20N2. The summed E-state index contributed by atoms with van der Waals surface area (Å²) >= 11 is 0. The molecule has 0 unspecified atom stereocenters. The zero-order chi connectivity index (χ0) is 10.6. The van der Waals surface area contributed by atoms with E-state index in [-0.39, 0.29) is 0 Å². The topological polar surface area (TPSA) is 38.0 Å². The van der Waals surface area contributed by atoms with E-state index in [4.69, 9.17) is 5.84 Å². The highest BCUT2D eigenvalue weighted by Gasteiger charge is 2.04. The predicted octanol–water partition coefficient (Wildman–Crippen LogP) is 2.38. The van der Waals surface area contributed by atoms with Crippen molar-refractivity contribution < 1.29 is 0 Å². The molecular weight excluding hydrogens is 172 g/mol. The Labute approximate surface area is 86.5 Å². The van der Waals surface area contributed by atoms with E-state index in [1.165, 1.54) is 11.1 Å². The van der Waals surface area contributed by atoms with Crippen LogP contribution < -0.4 is 11.3 Å². The van der Waals surface area contributed by atoms with Crippen molar-refractivity contribution in [3.05, 3.63) is 35.4 Å². The van der Waals surface area contributed by atoms with Crippen LogP contribution in [0.25, 0.3) is 0 Å². The van der Waals surface area contributed by atoms with E-state index in [1.54, 1.807) is 0 Å². The average molecular weight is 192 g/mol. The second-order valence-electron chi connectivity index (χ2n) is 4.13. The van der Waals surface area contributed by atoms with Gasteiger partial charge in [-0.1, -0.05) is 45.0 Å². The van der Waals surface area contributed by atoms with Gasteiger partial charge in [-0.2, -0.15) is 0 Å². The fourth-order valence-electron chi connectivity index (χ4n) is 1.50. The predicted molar refractivity (Wildman–Crippen MR) is 61.1 cm³/mol. The van der Waals surface area contributed by atoms with E-state index in [1.807, 2.05) is 0 Å². The Bertz CT molecular complexity index is 264. The van der Waals surface area contributed by atoms with Crippen molar-refractivity contribution in [2.45, 2.75) is 32.6 Å². The van der Waals surface area contributed by atoms with Gasteiger partial charge in [0.15, 0.2) is 0 Å². The van der Waals surface area contributed by atoms with Crippen molar-refractivity contribution in [3.63, 3.8) is 0 Å². The molecule has 0 amide bonds. The zero-order valence-electron chi connectivity index (χ0n) is 9.25. The fourth-order valence-corrected chi connectivity index (χ4v) is 1.50. The Balaban J connectivity index is 2.72. The van der Waals surface area contributed by atoms with Gasteiger partial charge in [0, 0.05) is 6.54 Å². The number of benzene rings is 1. The summed E-state index contributed by atoms with van der Waals surface area (Å²) in [5, 5.41) is 0. The normalized spacial score (nSPS) is 13.2. The minimum Gasteiger partial charge on any atom is -0.271 e. The summed E-state index contributed by atoms with van der Waals surface area (Å²) in [5.74, 6) is 6.37. The Morgan fingerprint density at radius 1 is 1.07 bits per heavy atom. The number of hydrazine groups is 1. The molecule has 0 aromatic heterocycles. The van der Waals surface area contributed by atoms with Crippen molar-refractivity contribution in [1.82, 2.24) is 5.43 Å². The van der Waals surface area contributed by atoms with Gasteiger partial charge in [-0.05, 0) is 23.0 Å². The standard InChI is InChI=1S/C12H20N2/c1-9(2)11-4-6-12(7-5-11)10(3)8-14-13/h4-7,9-10,14H,8,13H2,1-3H3/t10-/m1/s1. The third-order valence-electron chi connectivity index (χ3n) is 2.60. The van der Waals surface area contributed by atoms with Crippen LogP contribution in [0.15, 0.2) is 24.3 Å². The van der Waals surface area contributed by atoms with Crippen LogP contribution >= 0.6 is 0 Å². The van der Waals surface area contributed by atoms with Crippen LogP contribution in [0.2, 0.25) is 0 Å². The van der Waals surface area contributed by atoms with E-state index in [9.17, 15) is 0 Å². The highest BCUT2D eigenvalue weighted by Crippen LogP contribution is 2.19. The molecule has 1 aromatic carbocycles. The first-order valence-corrected chi connectivity index (χ1v) is 5.18. The van der Waals surface area contributed by atoms with Crippen LogP contribution in [0.3, 0.4) is 0 Å². The summed E-state index contributed by atoms with van der Waals surface area (Å²) in [4.78, 5) is 0. The van der Waals surface area contributed by atoms with Gasteiger partial charge in [0.1, 0.15) is 0 Å². The molecule has 1 aromatic rings. The first-order chi connectivity index (χ1) is 6.65. The summed E-state index contributed by atoms with van der Waals surface area (Å²) in [6, 6.07) is 8.79. The molecule has 14 heavy (non-hydrogen) atoms. The minimum atomic E-state index is 0.473. The highest BCUT2D eigenvalue weighted by atomic mass is 15.2. The molecule has 0 spiro atoms. The van der Waals surface area contributed by atoms with Crippen LogP contribution in [0.4, 0.5) is 0 Å². The van der Waals surface area contributed by atoms with Crippen LogP contribution in [0, 0.1) is 0 Å². The molecule has 0 aliphatic carbocycles. The van der Waals surface area contributed by atoms with Gasteiger partial charge in [0.25, 0.3) is 0 Å². The Hall–Kier alpha value is -0.860. The first-order valence-electron chi connectivity index (χ1n) is 5.18. The summed E-state index contributed by atoms with van der Waals surface area (Å²) < 4.78 is 0. The third kappa shape index (κ3) is 2.82. The van der Waals surface area contributed by atoms with Crippen LogP contribution in [-0.2, 0) is 0 Å². The summed E-state index contributed by atoms with van der Waals surface area (Å²) in [6.07, 6.45) is 0. The van der Waals surface area contributed by atoms with Crippen molar-refractivity contribution >= 4 is 0 Å². The molecule has 3 N–H and O–H groups in total. The van der Waals surface area contributed by atoms with Crippen LogP contribution in [-0.4, -0.2) is 6.54 Å². The monoisotopic (exact) mass is 192 g/mol. The zero-order valence-corrected chi connectivity index (χ0v) is 9.25. The van der Waals surface area contributed by atoms with Gasteiger partial charge in [-0.25, -0.2) is 0 Å². The van der Waals surface area contributed by atoms with E-state index in [2.05, 4.69) is 50.5 Å². The molecule has 0 fully saturated rings. The highest BCUT2D eigenvalue weighted by molar-refractivity contribution is 5.26. The lowest BCUT2D eigenvalue weighted by Crippen LogP contribution is -2.26. The smallest absolute Gasteiger partial charge is 0.0164 e. The molecule has 2 heteroatoms. The van der Waals surface area contributed by atoms with Crippen molar-refractivity contribution in [3.8, 4) is 0 Å². The molecule has 0 saturated carbocycles. The molecule has 0 bridgehead atoms. The summed E-state index contributed by atoms with van der Waals surface area (Å²) in [5.41, 5.74) is 5.43. The lowest BCUT2D eigenvalue weighted by Gasteiger charge is -2.12. The maximum absolute atomic E-state index is 5.29. The maximum atomic E-state index is 5.29. The number of hydrogen-bond donors (Lipinski definition) is 2. The lowest BCUT2D eigenvalue weighted by atomic mass is 9.96. The van der Waals surface area contributed by atoms with Crippen LogP contribution in [0.1, 0.15) is 43.7 Å². The quantitative estimate of drug-likeness (QED) is 0.568. The largest absolute Gasteiger partial charge is 0.271 e. The van der Waals surface area contributed by atoms with E-state index < -0.39 is 0 Å². The van der Waals surface area contributed by atoms with Crippen LogP contribution in [0.5, 0.6) is 0 Å². The molecule has 0 aliphatic heterocycles. The van der Waals surface area contributed by atoms with Crippen molar-refractivity contribution in [2.75, 3.05) is 6.54 Å². The number of nitrogens with one attached hydrogen (secondary N) is 1. The number of hydrogen-bond acceptors (Lipinski definition) is 2. The van der Waals surface area contributed by atoms with Crippen molar-refractivity contribution in [1.29, 1.82) is 0 Å². The van der Waals surface area contributed by atoms with Gasteiger partial charge in [0.2, 0.25) is 0 Å². The van der Waals surface area contributed by atoms with E-state index in [0.717, 1.165) is 6.54 Å². The Kier molecular flexibility index (Phi) is 4.11. The Morgan fingerprint density at radius 3 is 2.00 bits per heavy atom. The number of nitrogens with two attached hydrogens (primary N) is 1. The molecule has 2 nitrogen and oxygen atoms in total. The average Bonchev–Trinajstić information content (AvgIpc) is 2.18. The van der Waals surface area contributed by atoms with E-state index >= 15 is 0 Å². The molecule has 1 atom stereocenters. The number of rotatable bonds is 4. The van der Waals surface area contributed by atoms with Gasteiger partial charge in [-0.3, -0.25) is 11.3 Å². The minimum absolute atomic E-state index is 0.473. The lowest BCUT2D eigenvalue weighted by molar-refractivity contribution is 0.639. The fraction of sp³-hybridized carbons (Fsp3) is 0.500.